The van der Waals surface area contributed by atoms with Crippen LogP contribution in [0.5, 0.6) is 0 Å². The van der Waals surface area contributed by atoms with Crippen molar-refractivity contribution in [3.63, 3.8) is 0 Å². The van der Waals surface area contributed by atoms with Crippen molar-refractivity contribution in [2.24, 2.45) is 5.92 Å². The average Bonchev–Trinajstić information content (AvgIpc) is 2.25. The lowest BCUT2D eigenvalue weighted by molar-refractivity contribution is -0.142. The Bertz CT molecular complexity index is 295. The number of carbonyl (C=O) groups excluding carboxylic acids is 1. The summed E-state index contributed by atoms with van der Waals surface area (Å²) >= 11 is 0. The van der Waals surface area contributed by atoms with Gasteiger partial charge < -0.3 is 10.4 Å². The molecular weight excluding hydrogens is 206 g/mol. The minimum atomic E-state index is -0.998. The minimum absolute atomic E-state index is 0.0865. The smallest absolute Gasteiger partial charge is 0.326 e. The molecule has 0 aromatic rings. The van der Waals surface area contributed by atoms with E-state index in [0.717, 1.165) is 0 Å². The molecule has 90 valence electrons. The van der Waals surface area contributed by atoms with Crippen LogP contribution in [0.2, 0.25) is 0 Å². The number of carbonyl (C=O) groups is 2. The maximum atomic E-state index is 11.4. The summed E-state index contributed by atoms with van der Waals surface area (Å²) in [5.41, 5.74) is 0. The second-order valence-electron chi connectivity index (χ2n) is 3.59. The van der Waals surface area contributed by atoms with Crippen molar-refractivity contribution >= 4 is 11.9 Å². The molecule has 0 saturated heterocycles. The van der Waals surface area contributed by atoms with Crippen molar-refractivity contribution in [3.8, 4) is 0 Å². The van der Waals surface area contributed by atoms with E-state index < -0.39 is 12.0 Å². The summed E-state index contributed by atoms with van der Waals surface area (Å²) in [7, 11) is 0. The SMILES string of the molecule is CC=CC=CC(=O)N[C@H](C(=O)O)C(C)CC. The van der Waals surface area contributed by atoms with Gasteiger partial charge in [0.25, 0.3) is 0 Å². The van der Waals surface area contributed by atoms with E-state index in [1.807, 2.05) is 13.8 Å². The molecule has 0 aromatic heterocycles. The molecule has 16 heavy (non-hydrogen) atoms. The lowest BCUT2D eigenvalue weighted by Crippen LogP contribution is -2.44. The summed E-state index contributed by atoms with van der Waals surface area (Å²) in [6.07, 6.45) is 7.09. The Kier molecular flexibility index (Phi) is 6.92. The molecule has 0 fully saturated rings. The van der Waals surface area contributed by atoms with E-state index in [-0.39, 0.29) is 11.8 Å². The molecule has 0 aliphatic rings. The lowest BCUT2D eigenvalue weighted by Gasteiger charge is -2.19. The van der Waals surface area contributed by atoms with E-state index in [1.165, 1.54) is 6.08 Å². The van der Waals surface area contributed by atoms with E-state index in [0.29, 0.717) is 6.42 Å². The Labute approximate surface area is 96.0 Å². The zero-order valence-electron chi connectivity index (χ0n) is 9.93. The fourth-order valence-corrected chi connectivity index (χ4v) is 1.14. The molecule has 0 saturated carbocycles. The molecule has 0 rings (SSSR count). The number of carboxylic acid groups (broad SMARTS) is 1. The predicted molar refractivity (Wildman–Crippen MR) is 63.0 cm³/mol. The molecule has 0 aliphatic heterocycles. The zero-order valence-corrected chi connectivity index (χ0v) is 9.93. The van der Waals surface area contributed by atoms with Gasteiger partial charge in [0, 0.05) is 6.08 Å². The summed E-state index contributed by atoms with van der Waals surface area (Å²) in [6, 6.07) is -0.826. The quantitative estimate of drug-likeness (QED) is 0.534. The third kappa shape index (κ3) is 5.34. The van der Waals surface area contributed by atoms with Gasteiger partial charge in [-0.05, 0) is 12.8 Å². The van der Waals surface area contributed by atoms with Gasteiger partial charge in [0.1, 0.15) is 6.04 Å². The molecule has 0 radical (unpaired) electrons. The van der Waals surface area contributed by atoms with Crippen molar-refractivity contribution in [1.29, 1.82) is 0 Å². The van der Waals surface area contributed by atoms with Crippen LogP contribution < -0.4 is 5.32 Å². The van der Waals surface area contributed by atoms with E-state index in [2.05, 4.69) is 5.32 Å². The van der Waals surface area contributed by atoms with Gasteiger partial charge in [-0.1, -0.05) is 38.5 Å². The Morgan fingerprint density at radius 2 is 2.00 bits per heavy atom. The summed E-state index contributed by atoms with van der Waals surface area (Å²) < 4.78 is 0. The number of allylic oxidation sites excluding steroid dienone is 3. The fraction of sp³-hybridized carbons (Fsp3) is 0.500. The van der Waals surface area contributed by atoms with Crippen LogP contribution in [-0.2, 0) is 9.59 Å². The van der Waals surface area contributed by atoms with Gasteiger partial charge in [-0.3, -0.25) is 4.79 Å². The second kappa shape index (κ2) is 7.68. The zero-order chi connectivity index (χ0) is 12.6. The molecule has 4 nitrogen and oxygen atoms in total. The van der Waals surface area contributed by atoms with Gasteiger partial charge in [0.15, 0.2) is 0 Å². The number of nitrogens with one attached hydrogen (secondary N) is 1. The average molecular weight is 225 g/mol. The van der Waals surface area contributed by atoms with E-state index in [4.69, 9.17) is 5.11 Å². The summed E-state index contributed by atoms with van der Waals surface area (Å²) in [5, 5.41) is 11.4. The maximum Gasteiger partial charge on any atom is 0.326 e. The van der Waals surface area contributed by atoms with Crippen molar-refractivity contribution in [2.75, 3.05) is 0 Å². The third-order valence-electron chi connectivity index (χ3n) is 2.33. The number of hydrogen-bond acceptors (Lipinski definition) is 2. The molecule has 0 aliphatic carbocycles. The van der Waals surface area contributed by atoms with Crippen LogP contribution >= 0.6 is 0 Å². The Balaban J connectivity index is 4.41. The summed E-state index contributed by atoms with van der Waals surface area (Å²) in [6.45, 7) is 5.53. The number of rotatable bonds is 6. The first-order valence-corrected chi connectivity index (χ1v) is 5.35. The minimum Gasteiger partial charge on any atom is -0.480 e. The Morgan fingerprint density at radius 1 is 1.38 bits per heavy atom. The van der Waals surface area contributed by atoms with E-state index >= 15 is 0 Å². The highest BCUT2D eigenvalue weighted by atomic mass is 16.4. The highest BCUT2D eigenvalue weighted by molar-refractivity contribution is 5.91. The Hall–Kier alpha value is -1.58. The van der Waals surface area contributed by atoms with Crippen LogP contribution in [0.4, 0.5) is 0 Å². The molecule has 0 aromatic carbocycles. The second-order valence-corrected chi connectivity index (χ2v) is 3.59. The molecule has 0 spiro atoms. The monoisotopic (exact) mass is 225 g/mol. The van der Waals surface area contributed by atoms with Crippen LogP contribution in [0.25, 0.3) is 0 Å². The van der Waals surface area contributed by atoms with Crippen LogP contribution in [0.15, 0.2) is 24.3 Å². The molecule has 1 unspecified atom stereocenters. The lowest BCUT2D eigenvalue weighted by atomic mass is 9.99. The standard InChI is InChI=1S/C12H19NO3/c1-4-6-7-8-10(14)13-11(12(15)16)9(3)5-2/h4,6-9,11H,5H2,1-3H3,(H,13,14)(H,15,16)/t9?,11-/m0/s1. The molecule has 0 bridgehead atoms. The van der Waals surface area contributed by atoms with E-state index in [1.54, 1.807) is 25.2 Å². The molecular formula is C12H19NO3. The van der Waals surface area contributed by atoms with Gasteiger partial charge in [-0.15, -0.1) is 0 Å². The topological polar surface area (TPSA) is 66.4 Å². The highest BCUT2D eigenvalue weighted by Gasteiger charge is 2.24. The van der Waals surface area contributed by atoms with Gasteiger partial charge in [-0.25, -0.2) is 4.79 Å². The first-order valence-electron chi connectivity index (χ1n) is 5.35. The first-order chi connectivity index (χ1) is 7.52. The van der Waals surface area contributed by atoms with Crippen molar-refractivity contribution in [3.05, 3.63) is 24.3 Å². The number of carboxylic acids is 1. The fourth-order valence-electron chi connectivity index (χ4n) is 1.14. The van der Waals surface area contributed by atoms with Gasteiger partial charge >= 0.3 is 5.97 Å². The van der Waals surface area contributed by atoms with Crippen molar-refractivity contribution < 1.29 is 14.7 Å². The molecule has 1 amide bonds. The number of amides is 1. The van der Waals surface area contributed by atoms with Crippen LogP contribution in [-0.4, -0.2) is 23.0 Å². The third-order valence-corrected chi connectivity index (χ3v) is 2.33. The largest absolute Gasteiger partial charge is 0.480 e. The van der Waals surface area contributed by atoms with E-state index in [9.17, 15) is 9.59 Å². The predicted octanol–water partition coefficient (Wildman–Crippen LogP) is 1.73. The first kappa shape index (κ1) is 14.4. The Morgan fingerprint density at radius 3 is 2.44 bits per heavy atom. The molecule has 2 atom stereocenters. The number of aliphatic carboxylic acids is 1. The van der Waals surface area contributed by atoms with Gasteiger partial charge in [0.2, 0.25) is 5.91 Å². The summed E-state index contributed by atoms with van der Waals surface area (Å²) in [4.78, 5) is 22.3. The van der Waals surface area contributed by atoms with Gasteiger partial charge in [-0.2, -0.15) is 0 Å². The van der Waals surface area contributed by atoms with Crippen molar-refractivity contribution in [2.45, 2.75) is 33.2 Å². The van der Waals surface area contributed by atoms with Crippen LogP contribution in [0.3, 0.4) is 0 Å². The van der Waals surface area contributed by atoms with Crippen LogP contribution in [0, 0.1) is 5.92 Å². The molecule has 0 heterocycles. The number of hydrogen-bond donors (Lipinski definition) is 2. The van der Waals surface area contributed by atoms with Crippen LogP contribution in [0.1, 0.15) is 27.2 Å². The van der Waals surface area contributed by atoms with Crippen molar-refractivity contribution in [1.82, 2.24) is 5.32 Å². The van der Waals surface area contributed by atoms with Gasteiger partial charge in [0.05, 0.1) is 0 Å². The highest BCUT2D eigenvalue weighted by Crippen LogP contribution is 2.07. The maximum absolute atomic E-state index is 11.4. The molecule has 2 N–H and O–H groups in total. The molecule has 4 heteroatoms. The summed E-state index contributed by atoms with van der Waals surface area (Å²) in [5.74, 6) is -1.47. The normalized spacial score (nSPS) is 15.2.